The topological polar surface area (TPSA) is 120 Å². The van der Waals surface area contributed by atoms with Gasteiger partial charge in [-0.25, -0.2) is 19.4 Å². The van der Waals surface area contributed by atoms with E-state index < -0.39 is 0 Å². The molecule has 0 spiro atoms. The van der Waals surface area contributed by atoms with Crippen molar-refractivity contribution in [3.05, 3.63) is 78.2 Å². The normalized spacial score (nSPS) is 11.4. The van der Waals surface area contributed by atoms with Gasteiger partial charge in [-0.3, -0.25) is 5.32 Å². The van der Waals surface area contributed by atoms with E-state index in [0.717, 1.165) is 11.4 Å². The van der Waals surface area contributed by atoms with Gasteiger partial charge in [0.25, 0.3) is 0 Å². The van der Waals surface area contributed by atoms with Crippen LogP contribution in [0, 0.1) is 0 Å². The predicted molar refractivity (Wildman–Crippen MR) is 142 cm³/mol. The van der Waals surface area contributed by atoms with Crippen LogP contribution in [0.2, 0.25) is 0 Å². The minimum Gasteiger partial charge on any atom is -0.439 e. The van der Waals surface area contributed by atoms with E-state index >= 15 is 0 Å². The molecule has 0 fully saturated rings. The van der Waals surface area contributed by atoms with Crippen molar-refractivity contribution < 1.29 is 9.53 Å². The van der Waals surface area contributed by atoms with Crippen LogP contribution in [-0.4, -0.2) is 25.8 Å². The lowest BCUT2D eigenvalue weighted by Gasteiger charge is -2.14. The smallest absolute Gasteiger partial charge is 0.324 e. The zero-order valence-electron chi connectivity index (χ0n) is 21.1. The van der Waals surface area contributed by atoms with Crippen LogP contribution in [0.25, 0.3) is 5.69 Å². The van der Waals surface area contributed by atoms with Crippen LogP contribution in [0.4, 0.5) is 22.1 Å². The first-order valence-corrected chi connectivity index (χ1v) is 11.7. The summed E-state index contributed by atoms with van der Waals surface area (Å²) in [5, 5.41) is 10.6. The largest absolute Gasteiger partial charge is 0.439 e. The van der Waals surface area contributed by atoms with Gasteiger partial charge in [0.2, 0.25) is 5.88 Å². The Hall–Kier alpha value is -4.40. The van der Waals surface area contributed by atoms with Crippen LogP contribution in [0.5, 0.6) is 11.6 Å². The molecule has 2 heterocycles. The molecular formula is C27H31N7O2. The standard InChI is InChI=1S/C27H31N7O2/c1-17(2)18-6-10-20(11-7-18)34-24(14-22(33-34)27(3,4)5)32-26(35)31-19-8-12-21(13-9-19)36-25-15-23(28)29-16-30-25/h6-17H,1-5H3,(H2,28,29,30)(H2,31,32,35). The lowest BCUT2D eigenvalue weighted by atomic mass is 9.92. The van der Waals surface area contributed by atoms with Gasteiger partial charge < -0.3 is 15.8 Å². The average molecular weight is 486 g/mol. The second kappa shape index (κ2) is 10.1. The number of ether oxygens (including phenoxy) is 1. The van der Waals surface area contributed by atoms with Crippen LogP contribution in [0.15, 0.2) is 67.0 Å². The van der Waals surface area contributed by atoms with Gasteiger partial charge in [0, 0.05) is 23.2 Å². The third-order valence-corrected chi connectivity index (χ3v) is 5.52. The number of nitrogens with two attached hydrogens (primary N) is 1. The number of hydrogen-bond donors (Lipinski definition) is 3. The highest BCUT2D eigenvalue weighted by atomic mass is 16.5. The van der Waals surface area contributed by atoms with Crippen LogP contribution in [0.3, 0.4) is 0 Å². The van der Waals surface area contributed by atoms with E-state index in [-0.39, 0.29) is 11.4 Å². The Bertz CT molecular complexity index is 1340. The van der Waals surface area contributed by atoms with Gasteiger partial charge in [0.15, 0.2) is 0 Å². The molecule has 36 heavy (non-hydrogen) atoms. The first-order valence-electron chi connectivity index (χ1n) is 11.7. The van der Waals surface area contributed by atoms with Crippen LogP contribution in [0.1, 0.15) is 51.8 Å². The van der Waals surface area contributed by atoms with E-state index in [2.05, 4.69) is 67.4 Å². The summed E-state index contributed by atoms with van der Waals surface area (Å²) in [5.41, 5.74) is 9.06. The molecule has 2 amide bonds. The summed E-state index contributed by atoms with van der Waals surface area (Å²) in [6, 6.07) is 18.2. The van der Waals surface area contributed by atoms with Crippen LogP contribution < -0.4 is 21.1 Å². The molecule has 9 nitrogen and oxygen atoms in total. The number of benzene rings is 2. The Morgan fingerprint density at radius 2 is 1.67 bits per heavy atom. The van der Waals surface area contributed by atoms with Gasteiger partial charge in [0.1, 0.15) is 23.7 Å². The molecule has 4 N–H and O–H groups in total. The van der Waals surface area contributed by atoms with Gasteiger partial charge >= 0.3 is 6.03 Å². The van der Waals surface area contributed by atoms with E-state index in [9.17, 15) is 4.79 Å². The molecular weight excluding hydrogens is 454 g/mol. The second-order valence-corrected chi connectivity index (χ2v) is 9.81. The molecule has 2 aromatic heterocycles. The Balaban J connectivity index is 1.49. The number of nitrogens with zero attached hydrogens (tertiary/aromatic N) is 4. The summed E-state index contributed by atoms with van der Waals surface area (Å²) in [6.45, 7) is 10.6. The highest BCUT2D eigenvalue weighted by Crippen LogP contribution is 2.27. The number of hydrogen-bond acceptors (Lipinski definition) is 6. The van der Waals surface area contributed by atoms with Crippen molar-refractivity contribution in [1.82, 2.24) is 19.7 Å². The number of rotatable bonds is 6. The fourth-order valence-corrected chi connectivity index (χ4v) is 3.45. The Kier molecular flexibility index (Phi) is 6.91. The van der Waals surface area contributed by atoms with Gasteiger partial charge in [0.05, 0.1) is 11.4 Å². The quantitative estimate of drug-likeness (QED) is 0.303. The third kappa shape index (κ3) is 5.99. The van der Waals surface area contributed by atoms with Gasteiger partial charge in [-0.15, -0.1) is 0 Å². The van der Waals surface area contributed by atoms with E-state index in [1.807, 2.05) is 18.2 Å². The molecule has 4 aromatic rings. The lowest BCUT2D eigenvalue weighted by Crippen LogP contribution is -2.21. The van der Waals surface area contributed by atoms with E-state index in [4.69, 9.17) is 15.6 Å². The van der Waals surface area contributed by atoms with E-state index in [1.165, 1.54) is 18.0 Å². The van der Waals surface area contributed by atoms with Crippen molar-refractivity contribution in [2.24, 2.45) is 0 Å². The summed E-state index contributed by atoms with van der Waals surface area (Å²) in [7, 11) is 0. The molecule has 0 radical (unpaired) electrons. The fraction of sp³-hybridized carbons (Fsp3) is 0.259. The van der Waals surface area contributed by atoms with E-state index in [1.54, 1.807) is 28.9 Å². The Morgan fingerprint density at radius 1 is 0.972 bits per heavy atom. The predicted octanol–water partition coefficient (Wildman–Crippen LogP) is 6.10. The molecule has 0 aliphatic rings. The van der Waals surface area contributed by atoms with Gasteiger partial charge in [-0.1, -0.05) is 46.8 Å². The Labute approximate surface area is 210 Å². The summed E-state index contributed by atoms with van der Waals surface area (Å²) in [5.74, 6) is 2.22. The number of anilines is 3. The van der Waals surface area contributed by atoms with Crippen molar-refractivity contribution in [3.8, 4) is 17.3 Å². The highest BCUT2D eigenvalue weighted by molar-refractivity contribution is 5.99. The molecule has 0 aliphatic heterocycles. The number of carbonyl (C=O) groups excluding carboxylic acids is 1. The maximum absolute atomic E-state index is 12.9. The molecule has 0 saturated heterocycles. The lowest BCUT2D eigenvalue weighted by molar-refractivity contribution is 0.262. The van der Waals surface area contributed by atoms with Crippen molar-refractivity contribution in [1.29, 1.82) is 0 Å². The minimum atomic E-state index is -0.382. The van der Waals surface area contributed by atoms with Crippen molar-refractivity contribution in [3.63, 3.8) is 0 Å². The number of carbonyl (C=O) groups is 1. The van der Waals surface area contributed by atoms with E-state index in [0.29, 0.717) is 34.9 Å². The van der Waals surface area contributed by atoms with Crippen molar-refractivity contribution >= 4 is 23.4 Å². The second-order valence-electron chi connectivity index (χ2n) is 9.81. The molecule has 4 rings (SSSR count). The van der Waals surface area contributed by atoms with Gasteiger partial charge in [-0.2, -0.15) is 5.10 Å². The monoisotopic (exact) mass is 485 g/mol. The number of nitrogen functional groups attached to an aromatic ring is 1. The first kappa shape index (κ1) is 24.7. The van der Waals surface area contributed by atoms with Crippen LogP contribution >= 0.6 is 0 Å². The maximum Gasteiger partial charge on any atom is 0.324 e. The molecule has 0 aliphatic carbocycles. The zero-order valence-corrected chi connectivity index (χ0v) is 21.1. The number of nitrogens with one attached hydrogen (secondary N) is 2. The molecule has 2 aromatic carbocycles. The summed E-state index contributed by atoms with van der Waals surface area (Å²) < 4.78 is 7.42. The summed E-state index contributed by atoms with van der Waals surface area (Å²) >= 11 is 0. The number of urea groups is 1. The summed E-state index contributed by atoms with van der Waals surface area (Å²) in [6.07, 6.45) is 1.33. The number of amides is 2. The highest BCUT2D eigenvalue weighted by Gasteiger charge is 2.21. The molecule has 0 saturated carbocycles. The third-order valence-electron chi connectivity index (χ3n) is 5.52. The minimum absolute atomic E-state index is 0.180. The molecule has 0 unspecified atom stereocenters. The van der Waals surface area contributed by atoms with Crippen molar-refractivity contribution in [2.45, 2.75) is 46.0 Å². The zero-order chi connectivity index (χ0) is 25.9. The SMILES string of the molecule is CC(C)c1ccc(-n2nc(C(C)(C)C)cc2NC(=O)Nc2ccc(Oc3cc(N)ncn3)cc2)cc1. The first-order chi connectivity index (χ1) is 17.1. The van der Waals surface area contributed by atoms with Crippen LogP contribution in [-0.2, 0) is 5.41 Å². The maximum atomic E-state index is 12.9. The molecule has 9 heteroatoms. The molecule has 186 valence electrons. The molecule has 0 bridgehead atoms. The van der Waals surface area contributed by atoms with Gasteiger partial charge in [-0.05, 0) is 47.9 Å². The Morgan fingerprint density at radius 3 is 2.28 bits per heavy atom. The average Bonchev–Trinajstić information content (AvgIpc) is 3.24. The number of aromatic nitrogens is 4. The molecule has 0 atom stereocenters. The summed E-state index contributed by atoms with van der Waals surface area (Å²) in [4.78, 5) is 20.7. The fourth-order valence-electron chi connectivity index (χ4n) is 3.45. The van der Waals surface area contributed by atoms with Crippen molar-refractivity contribution in [2.75, 3.05) is 16.4 Å².